The maximum Gasteiger partial charge on any atom is 0.268 e. The standard InChI is InChI=1S/C11H10BrN3O2S/c12-8-2-1-4-14-11(8)18-6-9-7(3-5-17-9)10(16)15-13/h1-5H,6,13H2,(H,15,16). The van der Waals surface area contributed by atoms with Crippen LogP contribution >= 0.6 is 27.7 Å². The molecule has 0 fully saturated rings. The van der Waals surface area contributed by atoms with Gasteiger partial charge in [0.1, 0.15) is 10.8 Å². The summed E-state index contributed by atoms with van der Waals surface area (Å²) in [6.07, 6.45) is 3.18. The van der Waals surface area contributed by atoms with Crippen molar-refractivity contribution in [2.45, 2.75) is 10.8 Å². The Morgan fingerprint density at radius 2 is 2.39 bits per heavy atom. The summed E-state index contributed by atoms with van der Waals surface area (Å²) in [5, 5.41) is 0.841. The number of pyridine rings is 1. The molecule has 0 atom stereocenters. The van der Waals surface area contributed by atoms with Gasteiger partial charge in [0.05, 0.1) is 17.6 Å². The zero-order valence-corrected chi connectivity index (χ0v) is 11.6. The lowest BCUT2D eigenvalue weighted by Crippen LogP contribution is -2.30. The van der Waals surface area contributed by atoms with Gasteiger partial charge in [-0.2, -0.15) is 0 Å². The van der Waals surface area contributed by atoms with Crippen LogP contribution in [-0.2, 0) is 5.75 Å². The predicted octanol–water partition coefficient (Wildman–Crippen LogP) is 2.33. The van der Waals surface area contributed by atoms with Gasteiger partial charge in [-0.05, 0) is 34.1 Å². The van der Waals surface area contributed by atoms with E-state index in [-0.39, 0.29) is 5.91 Å². The van der Waals surface area contributed by atoms with Crippen LogP contribution in [0.25, 0.3) is 0 Å². The van der Waals surface area contributed by atoms with Crippen LogP contribution in [0.2, 0.25) is 0 Å². The molecule has 94 valence electrons. The van der Waals surface area contributed by atoms with E-state index < -0.39 is 0 Å². The molecule has 1 amide bonds. The van der Waals surface area contributed by atoms with Crippen molar-refractivity contribution in [1.82, 2.24) is 10.4 Å². The van der Waals surface area contributed by atoms with Gasteiger partial charge in [0, 0.05) is 10.7 Å². The van der Waals surface area contributed by atoms with Crippen molar-refractivity contribution in [3.8, 4) is 0 Å². The molecule has 0 bridgehead atoms. The van der Waals surface area contributed by atoms with Gasteiger partial charge in [-0.1, -0.05) is 11.8 Å². The van der Waals surface area contributed by atoms with Gasteiger partial charge < -0.3 is 4.42 Å². The molecule has 18 heavy (non-hydrogen) atoms. The number of rotatable bonds is 4. The summed E-state index contributed by atoms with van der Waals surface area (Å²) in [7, 11) is 0. The van der Waals surface area contributed by atoms with E-state index in [9.17, 15) is 4.79 Å². The summed E-state index contributed by atoms with van der Waals surface area (Å²) in [5.41, 5.74) is 2.53. The molecule has 5 nitrogen and oxygen atoms in total. The number of thioether (sulfide) groups is 1. The highest BCUT2D eigenvalue weighted by atomic mass is 79.9. The molecule has 7 heteroatoms. The smallest absolute Gasteiger partial charge is 0.268 e. The Kier molecular flexibility index (Phi) is 4.40. The summed E-state index contributed by atoms with van der Waals surface area (Å²) in [5.74, 6) is 5.81. The molecule has 0 unspecified atom stereocenters. The molecule has 0 aromatic carbocycles. The predicted molar refractivity (Wildman–Crippen MR) is 71.9 cm³/mol. The average Bonchev–Trinajstić information content (AvgIpc) is 2.85. The van der Waals surface area contributed by atoms with Gasteiger partial charge >= 0.3 is 0 Å². The summed E-state index contributed by atoms with van der Waals surface area (Å²) in [6, 6.07) is 5.34. The summed E-state index contributed by atoms with van der Waals surface area (Å²) in [6.45, 7) is 0. The number of hydrogen-bond acceptors (Lipinski definition) is 5. The van der Waals surface area contributed by atoms with Crippen LogP contribution in [0, 0.1) is 0 Å². The van der Waals surface area contributed by atoms with Gasteiger partial charge in [-0.15, -0.1) is 0 Å². The van der Waals surface area contributed by atoms with Crippen LogP contribution in [0.4, 0.5) is 0 Å². The monoisotopic (exact) mass is 327 g/mol. The number of carbonyl (C=O) groups excluding carboxylic acids is 1. The molecule has 0 spiro atoms. The number of hydrazine groups is 1. The highest BCUT2D eigenvalue weighted by Gasteiger charge is 2.14. The van der Waals surface area contributed by atoms with Crippen molar-refractivity contribution in [3.05, 3.63) is 46.5 Å². The van der Waals surface area contributed by atoms with E-state index in [1.807, 2.05) is 12.1 Å². The van der Waals surface area contributed by atoms with Crippen LogP contribution in [0.15, 0.2) is 44.6 Å². The number of halogens is 1. The maximum absolute atomic E-state index is 11.4. The molecule has 0 saturated carbocycles. The van der Waals surface area contributed by atoms with Crippen molar-refractivity contribution < 1.29 is 9.21 Å². The summed E-state index contributed by atoms with van der Waals surface area (Å²) < 4.78 is 6.18. The third-order valence-corrected chi connectivity index (χ3v) is 4.09. The van der Waals surface area contributed by atoms with E-state index in [1.165, 1.54) is 18.0 Å². The first-order chi connectivity index (χ1) is 8.72. The van der Waals surface area contributed by atoms with Crippen molar-refractivity contribution in [3.63, 3.8) is 0 Å². The number of nitrogens with one attached hydrogen (secondary N) is 1. The molecule has 3 N–H and O–H groups in total. The number of furan rings is 1. The van der Waals surface area contributed by atoms with Crippen molar-refractivity contribution >= 4 is 33.6 Å². The molecule has 0 aliphatic heterocycles. The average molecular weight is 328 g/mol. The minimum absolute atomic E-state index is 0.362. The SMILES string of the molecule is NNC(=O)c1ccoc1CSc1ncccc1Br. The lowest BCUT2D eigenvalue weighted by atomic mass is 10.2. The van der Waals surface area contributed by atoms with E-state index in [0.717, 1.165) is 9.50 Å². The van der Waals surface area contributed by atoms with E-state index in [2.05, 4.69) is 26.3 Å². The van der Waals surface area contributed by atoms with E-state index in [4.69, 9.17) is 10.3 Å². The van der Waals surface area contributed by atoms with Crippen LogP contribution in [0.1, 0.15) is 16.1 Å². The first-order valence-corrected chi connectivity index (χ1v) is 6.81. The third kappa shape index (κ3) is 2.92. The van der Waals surface area contributed by atoms with Crippen LogP contribution < -0.4 is 11.3 Å². The van der Waals surface area contributed by atoms with Crippen LogP contribution in [-0.4, -0.2) is 10.9 Å². The number of nitrogen functional groups attached to an aromatic ring is 1. The van der Waals surface area contributed by atoms with Gasteiger partial charge in [-0.25, -0.2) is 10.8 Å². The second-order valence-electron chi connectivity index (χ2n) is 3.31. The highest BCUT2D eigenvalue weighted by molar-refractivity contribution is 9.10. The third-order valence-electron chi connectivity index (χ3n) is 2.19. The van der Waals surface area contributed by atoms with Gasteiger partial charge in [-0.3, -0.25) is 10.2 Å². The first-order valence-electron chi connectivity index (χ1n) is 5.03. The molecule has 0 aliphatic carbocycles. The Balaban J connectivity index is 2.09. The quantitative estimate of drug-likeness (QED) is 0.390. The lowest BCUT2D eigenvalue weighted by molar-refractivity contribution is 0.0952. The van der Waals surface area contributed by atoms with Crippen molar-refractivity contribution in [2.24, 2.45) is 5.84 Å². The Bertz CT molecular complexity index is 559. The first kappa shape index (κ1) is 13.1. The van der Waals surface area contributed by atoms with Crippen LogP contribution in [0.5, 0.6) is 0 Å². The highest BCUT2D eigenvalue weighted by Crippen LogP contribution is 2.28. The van der Waals surface area contributed by atoms with E-state index in [1.54, 1.807) is 12.3 Å². The molecule has 2 rings (SSSR count). The maximum atomic E-state index is 11.4. The van der Waals surface area contributed by atoms with Crippen LogP contribution in [0.3, 0.4) is 0 Å². The minimum atomic E-state index is -0.362. The molecule has 2 aromatic rings. The fourth-order valence-corrected chi connectivity index (χ4v) is 2.77. The number of carbonyl (C=O) groups is 1. The number of nitrogens with two attached hydrogens (primary N) is 1. The lowest BCUT2D eigenvalue weighted by Gasteiger charge is -2.03. The van der Waals surface area contributed by atoms with Crippen molar-refractivity contribution in [2.75, 3.05) is 0 Å². The summed E-state index contributed by atoms with van der Waals surface area (Å²) >= 11 is 4.88. The fraction of sp³-hybridized carbons (Fsp3) is 0.0909. The van der Waals surface area contributed by atoms with E-state index in [0.29, 0.717) is 17.1 Å². The minimum Gasteiger partial charge on any atom is -0.468 e. The fourth-order valence-electron chi connectivity index (χ4n) is 1.34. The Morgan fingerprint density at radius 1 is 1.56 bits per heavy atom. The second-order valence-corrected chi connectivity index (χ2v) is 5.13. The molecule has 2 heterocycles. The number of hydrogen-bond donors (Lipinski definition) is 2. The number of amides is 1. The second kappa shape index (κ2) is 6.03. The molecular weight excluding hydrogens is 318 g/mol. The molecule has 2 aromatic heterocycles. The number of aromatic nitrogens is 1. The Hall–Kier alpha value is -1.31. The Morgan fingerprint density at radius 3 is 3.11 bits per heavy atom. The normalized spacial score (nSPS) is 10.3. The van der Waals surface area contributed by atoms with Gasteiger partial charge in [0.25, 0.3) is 5.91 Å². The van der Waals surface area contributed by atoms with Gasteiger partial charge in [0.2, 0.25) is 0 Å². The zero-order valence-electron chi connectivity index (χ0n) is 9.22. The van der Waals surface area contributed by atoms with E-state index >= 15 is 0 Å². The van der Waals surface area contributed by atoms with Crippen molar-refractivity contribution in [1.29, 1.82) is 0 Å². The molecule has 0 saturated heterocycles. The Labute approximate surface area is 116 Å². The largest absolute Gasteiger partial charge is 0.468 e. The molecule has 0 radical (unpaired) electrons. The number of nitrogens with zero attached hydrogens (tertiary/aromatic N) is 1. The van der Waals surface area contributed by atoms with Gasteiger partial charge in [0.15, 0.2) is 0 Å². The zero-order chi connectivity index (χ0) is 13.0. The molecular formula is C11H10BrN3O2S. The summed E-state index contributed by atoms with van der Waals surface area (Å²) in [4.78, 5) is 15.7. The molecule has 0 aliphatic rings. The topological polar surface area (TPSA) is 81.1 Å².